The second-order valence-electron chi connectivity index (χ2n) is 5.49. The van der Waals surface area contributed by atoms with Gasteiger partial charge in [-0.25, -0.2) is 0 Å². The van der Waals surface area contributed by atoms with Crippen LogP contribution in [0.1, 0.15) is 47.0 Å². The maximum atomic E-state index is 12.1. The van der Waals surface area contributed by atoms with Crippen LogP contribution in [0.2, 0.25) is 0 Å². The number of hydrogen-bond donors (Lipinski definition) is 3. The van der Waals surface area contributed by atoms with Crippen LogP contribution < -0.4 is 16.4 Å². The molecule has 0 saturated heterocycles. The molecule has 0 heterocycles. The second kappa shape index (κ2) is 8.92. The predicted octanol–water partition coefficient (Wildman–Crippen LogP) is 0.550. The van der Waals surface area contributed by atoms with Crippen LogP contribution >= 0.6 is 0 Å². The molecule has 0 aliphatic heterocycles. The van der Waals surface area contributed by atoms with Gasteiger partial charge in [-0.15, -0.1) is 0 Å². The molecule has 0 spiro atoms. The van der Waals surface area contributed by atoms with Crippen LogP contribution in [-0.4, -0.2) is 43.2 Å². The van der Waals surface area contributed by atoms with E-state index in [1.54, 1.807) is 14.0 Å². The highest BCUT2D eigenvalue weighted by Crippen LogP contribution is 2.18. The third-order valence-corrected chi connectivity index (χ3v) is 3.19. The van der Waals surface area contributed by atoms with Gasteiger partial charge in [-0.3, -0.25) is 14.9 Å². The number of rotatable bonds is 10. The summed E-state index contributed by atoms with van der Waals surface area (Å²) in [7, 11) is 1.70. The van der Waals surface area contributed by atoms with Crippen molar-refractivity contribution in [3.8, 4) is 0 Å². The third kappa shape index (κ3) is 6.34. The molecule has 6 nitrogen and oxygen atoms in total. The zero-order valence-electron chi connectivity index (χ0n) is 13.3. The average Bonchev–Trinajstić information content (AvgIpc) is 2.33. The molecular formula is C14H29N3O3. The van der Waals surface area contributed by atoms with Crippen molar-refractivity contribution in [2.45, 2.75) is 64.6 Å². The van der Waals surface area contributed by atoms with Crippen LogP contribution in [-0.2, 0) is 14.3 Å². The maximum absolute atomic E-state index is 12.1. The van der Waals surface area contributed by atoms with Gasteiger partial charge in [0, 0.05) is 6.04 Å². The zero-order chi connectivity index (χ0) is 15.8. The summed E-state index contributed by atoms with van der Waals surface area (Å²) in [5, 5.41) is 6.12. The minimum atomic E-state index is -0.736. The molecule has 0 rings (SSSR count). The molecule has 0 saturated carbocycles. The Morgan fingerprint density at radius 1 is 1.35 bits per heavy atom. The van der Waals surface area contributed by atoms with E-state index in [0.29, 0.717) is 25.9 Å². The fourth-order valence-corrected chi connectivity index (χ4v) is 2.25. The first-order valence-corrected chi connectivity index (χ1v) is 7.18. The van der Waals surface area contributed by atoms with Gasteiger partial charge in [-0.1, -0.05) is 0 Å². The summed E-state index contributed by atoms with van der Waals surface area (Å²) < 4.78 is 5.13. The third-order valence-electron chi connectivity index (χ3n) is 3.19. The van der Waals surface area contributed by atoms with Crippen molar-refractivity contribution in [2.24, 2.45) is 5.73 Å². The number of esters is 1. The molecule has 0 bridgehead atoms. The molecule has 2 unspecified atom stereocenters. The topological polar surface area (TPSA) is 93.4 Å². The van der Waals surface area contributed by atoms with Crippen LogP contribution in [0.15, 0.2) is 0 Å². The maximum Gasteiger partial charge on any atom is 0.326 e. The summed E-state index contributed by atoms with van der Waals surface area (Å²) in [5.74, 6) is -0.629. The van der Waals surface area contributed by atoms with Crippen LogP contribution in [0, 0.1) is 0 Å². The normalized spacial score (nSPS) is 15.7. The number of likely N-dealkylation sites (N-methyl/N-ethyl adjacent to an activating group) is 1. The summed E-state index contributed by atoms with van der Waals surface area (Å²) in [6.45, 7) is 7.95. The summed E-state index contributed by atoms with van der Waals surface area (Å²) in [6, 6.07) is -0.193. The smallest absolute Gasteiger partial charge is 0.326 e. The lowest BCUT2D eigenvalue weighted by Crippen LogP contribution is -2.53. The minimum Gasteiger partial charge on any atom is -0.465 e. The Morgan fingerprint density at radius 2 is 1.95 bits per heavy atom. The highest BCUT2D eigenvalue weighted by molar-refractivity contribution is 5.81. The first-order valence-electron chi connectivity index (χ1n) is 7.18. The Kier molecular flexibility index (Phi) is 8.41. The summed E-state index contributed by atoms with van der Waals surface area (Å²) in [5.41, 5.74) is 4.54. The molecule has 4 N–H and O–H groups in total. The fraction of sp³-hybridized carbons (Fsp3) is 0.857. The van der Waals surface area contributed by atoms with E-state index in [0.717, 1.165) is 0 Å². The van der Waals surface area contributed by atoms with Gasteiger partial charge >= 0.3 is 5.97 Å². The van der Waals surface area contributed by atoms with Crippen molar-refractivity contribution in [2.75, 3.05) is 13.7 Å². The van der Waals surface area contributed by atoms with E-state index in [1.165, 1.54) is 0 Å². The molecule has 20 heavy (non-hydrogen) atoms. The molecule has 0 aromatic heterocycles. The molecule has 0 aromatic carbocycles. The average molecular weight is 287 g/mol. The Bertz CT molecular complexity index is 321. The zero-order valence-corrected chi connectivity index (χ0v) is 13.3. The molecule has 6 heteroatoms. The van der Waals surface area contributed by atoms with Crippen molar-refractivity contribution in [3.05, 3.63) is 0 Å². The summed E-state index contributed by atoms with van der Waals surface area (Å²) >= 11 is 0. The van der Waals surface area contributed by atoms with Crippen LogP contribution in [0.4, 0.5) is 0 Å². The molecule has 2 atom stereocenters. The van der Waals surface area contributed by atoms with Crippen molar-refractivity contribution in [3.63, 3.8) is 0 Å². The molecule has 1 amide bonds. The Hall–Kier alpha value is -1.14. The lowest BCUT2D eigenvalue weighted by molar-refractivity contribution is -0.151. The first kappa shape index (κ1) is 18.9. The van der Waals surface area contributed by atoms with Gasteiger partial charge in [-0.2, -0.15) is 0 Å². The van der Waals surface area contributed by atoms with Crippen LogP contribution in [0.5, 0.6) is 0 Å². The van der Waals surface area contributed by atoms with E-state index in [1.807, 2.05) is 20.8 Å². The number of carbonyl (C=O) groups excluding carboxylic acids is 2. The van der Waals surface area contributed by atoms with Gasteiger partial charge < -0.3 is 15.8 Å². The number of nitrogens with two attached hydrogens (primary N) is 1. The van der Waals surface area contributed by atoms with E-state index in [4.69, 9.17) is 10.5 Å². The lowest BCUT2D eigenvalue weighted by atomic mass is 9.92. The second-order valence-corrected chi connectivity index (χ2v) is 5.49. The van der Waals surface area contributed by atoms with E-state index in [9.17, 15) is 9.59 Å². The monoisotopic (exact) mass is 287 g/mol. The Balaban J connectivity index is 4.58. The largest absolute Gasteiger partial charge is 0.465 e. The molecule has 0 aliphatic rings. The highest BCUT2D eigenvalue weighted by atomic mass is 16.5. The molecule has 0 radical (unpaired) electrons. The SMILES string of the molecule is CCOC(=O)C(C)(CCCC(NC)C(N)=O)NC(C)C. The number of amides is 1. The van der Waals surface area contributed by atoms with Gasteiger partial charge in [0.2, 0.25) is 5.91 Å². The van der Waals surface area contributed by atoms with Crippen molar-refractivity contribution < 1.29 is 14.3 Å². The van der Waals surface area contributed by atoms with Crippen molar-refractivity contribution in [1.29, 1.82) is 0 Å². The quantitative estimate of drug-likeness (QED) is 0.510. The van der Waals surface area contributed by atoms with E-state index < -0.39 is 5.54 Å². The lowest BCUT2D eigenvalue weighted by Gasteiger charge is -2.31. The number of primary amides is 1. The van der Waals surface area contributed by atoms with E-state index in [2.05, 4.69) is 10.6 Å². The van der Waals surface area contributed by atoms with Crippen LogP contribution in [0.3, 0.4) is 0 Å². The van der Waals surface area contributed by atoms with E-state index >= 15 is 0 Å². The van der Waals surface area contributed by atoms with Crippen molar-refractivity contribution in [1.82, 2.24) is 10.6 Å². The van der Waals surface area contributed by atoms with Gasteiger partial charge in [0.25, 0.3) is 0 Å². The highest BCUT2D eigenvalue weighted by Gasteiger charge is 2.34. The predicted molar refractivity (Wildman–Crippen MR) is 79.2 cm³/mol. The Morgan fingerprint density at radius 3 is 2.35 bits per heavy atom. The standard InChI is InChI=1S/C14H29N3O3/c1-6-20-13(19)14(4,17-10(2)3)9-7-8-11(16-5)12(15)18/h10-11,16-17H,6-9H2,1-5H3,(H2,15,18). The Labute approximate surface area is 121 Å². The van der Waals surface area contributed by atoms with Crippen LogP contribution in [0.25, 0.3) is 0 Å². The van der Waals surface area contributed by atoms with Gasteiger partial charge in [0.1, 0.15) is 5.54 Å². The van der Waals surface area contributed by atoms with E-state index in [-0.39, 0.29) is 24.0 Å². The summed E-state index contributed by atoms with van der Waals surface area (Å²) in [4.78, 5) is 23.2. The molecular weight excluding hydrogens is 258 g/mol. The van der Waals surface area contributed by atoms with Gasteiger partial charge in [0.15, 0.2) is 0 Å². The summed E-state index contributed by atoms with van der Waals surface area (Å²) in [6.07, 6.45) is 1.89. The number of carbonyl (C=O) groups is 2. The molecule has 0 aliphatic carbocycles. The van der Waals surface area contributed by atoms with Gasteiger partial charge in [0.05, 0.1) is 12.6 Å². The molecule has 118 valence electrons. The number of hydrogen-bond acceptors (Lipinski definition) is 5. The minimum absolute atomic E-state index is 0.167. The number of nitrogens with one attached hydrogen (secondary N) is 2. The molecule has 0 aromatic rings. The van der Waals surface area contributed by atoms with Gasteiger partial charge in [-0.05, 0) is 54.0 Å². The molecule has 0 fully saturated rings. The number of ether oxygens (including phenoxy) is 1. The van der Waals surface area contributed by atoms with Crippen molar-refractivity contribution >= 4 is 11.9 Å². The first-order chi connectivity index (χ1) is 9.26. The fourth-order valence-electron chi connectivity index (χ4n) is 2.25.